The smallest absolute Gasteiger partial charge is 0.337 e. The van der Waals surface area contributed by atoms with E-state index in [-0.39, 0.29) is 6.61 Å². The number of carbonyl (C=O) groups is 1. The molecule has 152 valence electrons. The van der Waals surface area contributed by atoms with Crippen LogP contribution in [-0.4, -0.2) is 51.4 Å². The van der Waals surface area contributed by atoms with Gasteiger partial charge in [-0.2, -0.15) is 0 Å². The average molecular weight is 413 g/mol. The van der Waals surface area contributed by atoms with E-state index in [0.717, 1.165) is 22.2 Å². The van der Waals surface area contributed by atoms with Gasteiger partial charge in [-0.05, 0) is 55.8 Å². The van der Waals surface area contributed by atoms with Gasteiger partial charge in [-0.3, -0.25) is 4.57 Å². The molecule has 1 aromatic heterocycles. The molecule has 3 rings (SSSR count). The monoisotopic (exact) mass is 413 g/mol. The standard InChI is InChI=1S/C21H23N3O4S/c1-14-5-4-6-17(11-14)24-15(2)22-23-21(24)29-13-18(25)12-28-19-9-7-16(8-10-19)20(26)27-3/h4-11,18,25H,12-13H2,1-3H3/t18-/m1/s1. The number of aromatic nitrogens is 3. The first-order chi connectivity index (χ1) is 14.0. The third-order valence-corrected chi connectivity index (χ3v) is 5.25. The van der Waals surface area contributed by atoms with Gasteiger partial charge < -0.3 is 14.6 Å². The molecule has 0 saturated heterocycles. The van der Waals surface area contributed by atoms with E-state index in [0.29, 0.717) is 17.1 Å². The van der Waals surface area contributed by atoms with Crippen molar-refractivity contribution < 1.29 is 19.4 Å². The fourth-order valence-corrected chi connectivity index (χ4v) is 3.62. The predicted octanol–water partition coefficient (Wildman–Crippen LogP) is 3.20. The van der Waals surface area contributed by atoms with Crippen LogP contribution in [0.15, 0.2) is 53.7 Å². The average Bonchev–Trinajstić information content (AvgIpc) is 3.10. The molecule has 2 aromatic carbocycles. The van der Waals surface area contributed by atoms with Crippen LogP contribution in [0.4, 0.5) is 0 Å². The van der Waals surface area contributed by atoms with E-state index in [1.165, 1.54) is 18.9 Å². The van der Waals surface area contributed by atoms with Crippen molar-refractivity contribution in [2.24, 2.45) is 0 Å². The molecule has 1 atom stereocenters. The third kappa shape index (κ3) is 5.36. The Hall–Kier alpha value is -2.84. The molecule has 8 heteroatoms. The van der Waals surface area contributed by atoms with Crippen molar-refractivity contribution in [1.29, 1.82) is 0 Å². The number of hydrogen-bond acceptors (Lipinski definition) is 7. The number of thioether (sulfide) groups is 1. The number of benzene rings is 2. The van der Waals surface area contributed by atoms with Crippen LogP contribution in [0.2, 0.25) is 0 Å². The summed E-state index contributed by atoms with van der Waals surface area (Å²) in [6.07, 6.45) is -0.691. The molecule has 0 fully saturated rings. The molecule has 0 unspecified atom stereocenters. The quantitative estimate of drug-likeness (QED) is 0.448. The number of rotatable bonds is 8. The van der Waals surface area contributed by atoms with Crippen molar-refractivity contribution >= 4 is 17.7 Å². The van der Waals surface area contributed by atoms with Crippen molar-refractivity contribution in [1.82, 2.24) is 14.8 Å². The molecule has 0 amide bonds. The molecule has 0 radical (unpaired) electrons. The van der Waals surface area contributed by atoms with Crippen molar-refractivity contribution in [3.8, 4) is 11.4 Å². The molecular formula is C21H23N3O4S. The second-order valence-electron chi connectivity index (χ2n) is 6.50. The number of carbonyl (C=O) groups excluding carboxylic acids is 1. The highest BCUT2D eigenvalue weighted by Crippen LogP contribution is 2.23. The normalized spacial score (nSPS) is 11.9. The summed E-state index contributed by atoms with van der Waals surface area (Å²) in [5.41, 5.74) is 2.59. The highest BCUT2D eigenvalue weighted by molar-refractivity contribution is 7.99. The Balaban J connectivity index is 1.56. The lowest BCUT2D eigenvalue weighted by atomic mass is 10.2. The fourth-order valence-electron chi connectivity index (χ4n) is 2.72. The van der Waals surface area contributed by atoms with Gasteiger partial charge in [0.1, 0.15) is 18.2 Å². The number of esters is 1. The molecule has 1 heterocycles. The maximum atomic E-state index is 11.4. The van der Waals surface area contributed by atoms with Crippen molar-refractivity contribution in [3.63, 3.8) is 0 Å². The first-order valence-corrected chi connectivity index (χ1v) is 10.1. The second kappa shape index (κ2) is 9.58. The SMILES string of the molecule is COC(=O)c1ccc(OC[C@@H](O)CSc2nnc(C)n2-c2cccc(C)c2)cc1. The van der Waals surface area contributed by atoms with Gasteiger partial charge in [0.2, 0.25) is 0 Å². The number of methoxy groups -OCH3 is 1. The third-order valence-electron chi connectivity index (χ3n) is 4.18. The summed E-state index contributed by atoms with van der Waals surface area (Å²) < 4.78 is 12.2. The molecule has 7 nitrogen and oxygen atoms in total. The van der Waals surface area contributed by atoms with Crippen molar-refractivity contribution in [2.75, 3.05) is 19.5 Å². The Morgan fingerprint density at radius 1 is 1.17 bits per heavy atom. The summed E-state index contributed by atoms with van der Waals surface area (Å²) in [5, 5.41) is 19.4. The van der Waals surface area contributed by atoms with E-state index in [9.17, 15) is 9.90 Å². The van der Waals surface area contributed by atoms with Gasteiger partial charge >= 0.3 is 5.97 Å². The summed E-state index contributed by atoms with van der Waals surface area (Å²) in [5.74, 6) is 1.36. The Morgan fingerprint density at radius 2 is 1.93 bits per heavy atom. The van der Waals surface area contributed by atoms with Crippen LogP contribution in [0.5, 0.6) is 5.75 Å². The first-order valence-electron chi connectivity index (χ1n) is 9.09. The fraction of sp³-hybridized carbons (Fsp3) is 0.286. The Bertz CT molecular complexity index is 972. The van der Waals surface area contributed by atoms with E-state index < -0.39 is 12.1 Å². The van der Waals surface area contributed by atoms with Crippen LogP contribution in [0, 0.1) is 13.8 Å². The van der Waals surface area contributed by atoms with Gasteiger partial charge in [0.15, 0.2) is 5.16 Å². The molecule has 0 aliphatic heterocycles. The molecular weight excluding hydrogens is 390 g/mol. The largest absolute Gasteiger partial charge is 0.491 e. The zero-order chi connectivity index (χ0) is 20.8. The van der Waals surface area contributed by atoms with E-state index >= 15 is 0 Å². The molecule has 0 bridgehead atoms. The molecule has 0 aliphatic rings. The molecule has 0 spiro atoms. The summed E-state index contributed by atoms with van der Waals surface area (Å²) in [6.45, 7) is 4.06. The van der Waals surface area contributed by atoms with Gasteiger partial charge in [-0.15, -0.1) is 10.2 Å². The topological polar surface area (TPSA) is 86.5 Å². The molecule has 1 N–H and O–H groups in total. The van der Waals surface area contributed by atoms with E-state index in [2.05, 4.69) is 21.0 Å². The molecule has 0 aliphatic carbocycles. The lowest BCUT2D eigenvalue weighted by Crippen LogP contribution is -2.20. The van der Waals surface area contributed by atoms with Crippen LogP contribution < -0.4 is 4.74 Å². The highest BCUT2D eigenvalue weighted by Gasteiger charge is 2.14. The summed E-state index contributed by atoms with van der Waals surface area (Å²) in [4.78, 5) is 11.4. The van der Waals surface area contributed by atoms with Gasteiger partial charge in [-0.25, -0.2) is 4.79 Å². The number of aryl methyl sites for hydroxylation is 2. The predicted molar refractivity (Wildman–Crippen MR) is 111 cm³/mol. The second-order valence-corrected chi connectivity index (χ2v) is 7.48. The number of nitrogens with zero attached hydrogens (tertiary/aromatic N) is 3. The number of ether oxygens (including phenoxy) is 2. The van der Waals surface area contributed by atoms with E-state index in [1.807, 2.05) is 36.6 Å². The number of aliphatic hydroxyl groups is 1. The summed E-state index contributed by atoms with van der Waals surface area (Å²) in [6, 6.07) is 14.7. The summed E-state index contributed by atoms with van der Waals surface area (Å²) in [7, 11) is 1.34. The Kier molecular flexibility index (Phi) is 6.90. The Labute approximate surface area is 173 Å². The van der Waals surface area contributed by atoms with Crippen LogP contribution in [-0.2, 0) is 4.74 Å². The maximum Gasteiger partial charge on any atom is 0.337 e. The van der Waals surface area contributed by atoms with Crippen LogP contribution >= 0.6 is 11.8 Å². The van der Waals surface area contributed by atoms with Crippen LogP contribution in [0.1, 0.15) is 21.7 Å². The van der Waals surface area contributed by atoms with Gasteiger partial charge in [0, 0.05) is 11.4 Å². The number of hydrogen-bond donors (Lipinski definition) is 1. The molecule has 29 heavy (non-hydrogen) atoms. The minimum absolute atomic E-state index is 0.127. The lowest BCUT2D eigenvalue weighted by Gasteiger charge is -2.13. The Morgan fingerprint density at radius 3 is 2.62 bits per heavy atom. The minimum atomic E-state index is -0.691. The lowest BCUT2D eigenvalue weighted by molar-refractivity contribution is 0.0600. The van der Waals surface area contributed by atoms with Crippen molar-refractivity contribution in [3.05, 3.63) is 65.5 Å². The van der Waals surface area contributed by atoms with Crippen LogP contribution in [0.3, 0.4) is 0 Å². The molecule has 3 aromatic rings. The first kappa shape index (κ1) is 20.9. The van der Waals surface area contributed by atoms with Crippen LogP contribution in [0.25, 0.3) is 5.69 Å². The van der Waals surface area contributed by atoms with Gasteiger partial charge in [-0.1, -0.05) is 23.9 Å². The highest BCUT2D eigenvalue weighted by atomic mass is 32.2. The molecule has 0 saturated carbocycles. The van der Waals surface area contributed by atoms with Crippen molar-refractivity contribution in [2.45, 2.75) is 25.1 Å². The minimum Gasteiger partial charge on any atom is -0.491 e. The van der Waals surface area contributed by atoms with Gasteiger partial charge in [0.05, 0.1) is 18.8 Å². The number of aliphatic hydroxyl groups excluding tert-OH is 1. The zero-order valence-electron chi connectivity index (χ0n) is 16.5. The zero-order valence-corrected chi connectivity index (χ0v) is 17.3. The summed E-state index contributed by atoms with van der Waals surface area (Å²) >= 11 is 1.42. The van der Waals surface area contributed by atoms with E-state index in [1.54, 1.807) is 24.3 Å². The maximum absolute atomic E-state index is 11.4. The van der Waals surface area contributed by atoms with E-state index in [4.69, 9.17) is 4.74 Å². The van der Waals surface area contributed by atoms with Gasteiger partial charge in [0.25, 0.3) is 0 Å².